The van der Waals surface area contributed by atoms with Gasteiger partial charge in [0.15, 0.2) is 11.5 Å². The zero-order chi connectivity index (χ0) is 26.1. The van der Waals surface area contributed by atoms with E-state index in [1.807, 2.05) is 0 Å². The predicted molar refractivity (Wildman–Crippen MR) is 122 cm³/mol. The monoisotopic (exact) mass is 529 g/mol. The van der Waals surface area contributed by atoms with Crippen molar-refractivity contribution in [3.63, 3.8) is 0 Å². The summed E-state index contributed by atoms with van der Waals surface area (Å²) in [5.74, 6) is -2.62. The van der Waals surface area contributed by atoms with Gasteiger partial charge in [-0.1, -0.05) is 12.1 Å². The molecule has 0 aliphatic carbocycles. The number of anilines is 1. The number of ether oxygens (including phenoxy) is 1. The zero-order valence-electron chi connectivity index (χ0n) is 18.2. The van der Waals surface area contributed by atoms with Crippen molar-refractivity contribution in [2.75, 3.05) is 18.0 Å². The first-order valence-corrected chi connectivity index (χ1v) is 12.0. The Hall–Kier alpha value is -3.58. The quantitative estimate of drug-likeness (QED) is 0.433. The van der Waals surface area contributed by atoms with Crippen molar-refractivity contribution in [1.29, 1.82) is 0 Å². The van der Waals surface area contributed by atoms with Gasteiger partial charge in [-0.2, -0.15) is 13.2 Å². The van der Waals surface area contributed by atoms with Crippen LogP contribution in [0.3, 0.4) is 0 Å². The van der Waals surface area contributed by atoms with Gasteiger partial charge in [0.1, 0.15) is 5.75 Å². The Balaban J connectivity index is 1.90. The standard InChI is InChI=1S/C22H18F3NO7S2/c1-12-18(33-11-17(27)28)20(21(29)30)34-19(12)13-3-7-15(8-4-13)26(2)35(31,32)16-9-5-14(6-10-16)22(23,24)25/h3-10H,11H2,1-2H3,(H,27,28)(H,29,30). The number of rotatable bonds is 8. The number of hydrogen-bond donors (Lipinski definition) is 2. The fraction of sp³-hybridized carbons (Fsp3) is 0.182. The number of aromatic carboxylic acids is 1. The molecule has 3 rings (SSSR count). The number of aliphatic carboxylic acids is 1. The van der Waals surface area contributed by atoms with Gasteiger partial charge in [-0.15, -0.1) is 11.3 Å². The van der Waals surface area contributed by atoms with Crippen molar-refractivity contribution in [2.24, 2.45) is 0 Å². The maximum Gasteiger partial charge on any atom is 0.416 e. The number of alkyl halides is 3. The van der Waals surface area contributed by atoms with Crippen LogP contribution in [0.1, 0.15) is 20.8 Å². The minimum absolute atomic E-state index is 0.0639. The molecule has 1 aromatic heterocycles. The molecule has 0 fully saturated rings. The van der Waals surface area contributed by atoms with E-state index in [1.165, 1.54) is 19.2 Å². The molecule has 0 bridgehead atoms. The molecule has 0 saturated carbocycles. The molecule has 0 spiro atoms. The van der Waals surface area contributed by atoms with Gasteiger partial charge < -0.3 is 14.9 Å². The van der Waals surface area contributed by atoms with Crippen molar-refractivity contribution in [3.05, 3.63) is 64.5 Å². The summed E-state index contributed by atoms with van der Waals surface area (Å²) in [5, 5.41) is 18.3. The predicted octanol–water partition coefficient (Wildman–Crippen LogP) is 4.73. The lowest BCUT2D eigenvalue weighted by molar-refractivity contribution is -0.139. The van der Waals surface area contributed by atoms with Crippen molar-refractivity contribution in [2.45, 2.75) is 18.0 Å². The van der Waals surface area contributed by atoms with E-state index in [0.29, 0.717) is 28.1 Å². The Morgan fingerprint density at radius 1 is 1.03 bits per heavy atom. The van der Waals surface area contributed by atoms with Crippen LogP contribution in [0.2, 0.25) is 0 Å². The third-order valence-corrected chi connectivity index (χ3v) is 8.07. The second kappa shape index (κ2) is 9.58. The Labute approximate surface area is 201 Å². The molecule has 0 amide bonds. The number of benzene rings is 2. The summed E-state index contributed by atoms with van der Waals surface area (Å²) in [7, 11) is -2.91. The van der Waals surface area contributed by atoms with Crippen LogP contribution >= 0.6 is 11.3 Å². The molecule has 0 radical (unpaired) electrons. The molecular formula is C22H18F3NO7S2. The van der Waals surface area contributed by atoms with E-state index in [0.717, 1.165) is 27.8 Å². The van der Waals surface area contributed by atoms with Crippen LogP contribution < -0.4 is 9.04 Å². The SMILES string of the molecule is Cc1c(-c2ccc(N(C)S(=O)(=O)c3ccc(C(F)(F)F)cc3)cc2)sc(C(=O)O)c1OCC(=O)O. The first kappa shape index (κ1) is 26.0. The first-order chi connectivity index (χ1) is 16.2. The van der Waals surface area contributed by atoms with E-state index in [4.69, 9.17) is 9.84 Å². The van der Waals surface area contributed by atoms with Crippen LogP contribution in [0.25, 0.3) is 10.4 Å². The van der Waals surface area contributed by atoms with Gasteiger partial charge in [-0.3, -0.25) is 4.31 Å². The smallest absolute Gasteiger partial charge is 0.416 e. The molecule has 0 aliphatic heterocycles. The highest BCUT2D eigenvalue weighted by Crippen LogP contribution is 2.42. The highest BCUT2D eigenvalue weighted by Gasteiger charge is 2.31. The molecule has 13 heteroatoms. The second-order valence-corrected chi connectivity index (χ2v) is 10.2. The van der Waals surface area contributed by atoms with Gasteiger partial charge in [0.25, 0.3) is 10.0 Å². The van der Waals surface area contributed by atoms with Crippen LogP contribution in [-0.4, -0.2) is 44.2 Å². The molecular weight excluding hydrogens is 511 g/mol. The zero-order valence-corrected chi connectivity index (χ0v) is 19.8. The van der Waals surface area contributed by atoms with E-state index < -0.39 is 40.3 Å². The number of halogens is 3. The number of carboxylic acids is 2. The summed E-state index contributed by atoms with van der Waals surface area (Å²) in [5.41, 5.74) is 0.183. The van der Waals surface area contributed by atoms with Crippen molar-refractivity contribution in [1.82, 2.24) is 0 Å². The highest BCUT2D eigenvalue weighted by atomic mass is 32.2. The van der Waals surface area contributed by atoms with Gasteiger partial charge in [0, 0.05) is 17.5 Å². The maximum absolute atomic E-state index is 12.9. The summed E-state index contributed by atoms with van der Waals surface area (Å²) < 4.78 is 70.1. The summed E-state index contributed by atoms with van der Waals surface area (Å²) in [6.45, 7) is 0.855. The summed E-state index contributed by atoms with van der Waals surface area (Å²) in [6.07, 6.45) is -4.59. The second-order valence-electron chi connectivity index (χ2n) is 7.24. The first-order valence-electron chi connectivity index (χ1n) is 9.71. The van der Waals surface area contributed by atoms with E-state index in [1.54, 1.807) is 19.1 Å². The lowest BCUT2D eigenvalue weighted by Gasteiger charge is -2.20. The maximum atomic E-state index is 12.9. The van der Waals surface area contributed by atoms with Crippen LogP contribution in [-0.2, 0) is 21.0 Å². The normalized spacial score (nSPS) is 11.8. The average molecular weight is 530 g/mol. The molecule has 2 N–H and O–H groups in total. The van der Waals surface area contributed by atoms with Crippen LogP contribution in [0.5, 0.6) is 5.75 Å². The Kier molecular flexibility index (Phi) is 7.13. The number of carboxylic acid groups (broad SMARTS) is 2. The topological polar surface area (TPSA) is 121 Å². The lowest BCUT2D eigenvalue weighted by atomic mass is 10.1. The van der Waals surface area contributed by atoms with Gasteiger partial charge in [-0.05, 0) is 48.9 Å². The largest absolute Gasteiger partial charge is 0.480 e. The molecule has 8 nitrogen and oxygen atoms in total. The Morgan fingerprint density at radius 3 is 2.09 bits per heavy atom. The van der Waals surface area contributed by atoms with Crippen molar-refractivity contribution < 1.29 is 46.1 Å². The van der Waals surface area contributed by atoms with Crippen molar-refractivity contribution in [3.8, 4) is 16.2 Å². The third-order valence-electron chi connectivity index (χ3n) is 4.96. The summed E-state index contributed by atoms with van der Waals surface area (Å²) in [4.78, 5) is 22.4. The van der Waals surface area contributed by atoms with Gasteiger partial charge in [0.05, 0.1) is 16.1 Å². The number of nitrogens with zero attached hydrogens (tertiary/aromatic N) is 1. The van der Waals surface area contributed by atoms with Crippen LogP contribution in [0.4, 0.5) is 18.9 Å². The Bertz CT molecular complexity index is 1360. The number of carbonyl (C=O) groups is 2. The molecule has 35 heavy (non-hydrogen) atoms. The fourth-order valence-corrected chi connectivity index (χ4v) is 5.45. The van der Waals surface area contributed by atoms with E-state index >= 15 is 0 Å². The third kappa shape index (κ3) is 5.41. The average Bonchev–Trinajstić information content (AvgIpc) is 3.13. The van der Waals surface area contributed by atoms with Gasteiger partial charge >= 0.3 is 18.1 Å². The minimum Gasteiger partial charge on any atom is -0.480 e. The summed E-state index contributed by atoms with van der Waals surface area (Å²) >= 11 is 0.878. The van der Waals surface area contributed by atoms with Gasteiger partial charge in [-0.25, -0.2) is 18.0 Å². The molecule has 0 saturated heterocycles. The number of thiophene rings is 1. The molecule has 1 heterocycles. The number of hydrogen-bond acceptors (Lipinski definition) is 6. The molecule has 0 aliphatic rings. The fourth-order valence-electron chi connectivity index (χ4n) is 3.16. The Morgan fingerprint density at radius 2 is 1.60 bits per heavy atom. The van der Waals surface area contributed by atoms with Gasteiger partial charge in [0.2, 0.25) is 0 Å². The molecule has 3 aromatic rings. The van der Waals surface area contributed by atoms with E-state index in [-0.39, 0.29) is 21.2 Å². The molecule has 0 unspecified atom stereocenters. The molecule has 0 atom stereocenters. The van der Waals surface area contributed by atoms with Crippen molar-refractivity contribution >= 4 is 39.0 Å². The highest BCUT2D eigenvalue weighted by molar-refractivity contribution is 7.92. The van der Waals surface area contributed by atoms with Crippen LogP contribution in [0.15, 0.2) is 53.4 Å². The molecule has 186 valence electrons. The molecule has 2 aromatic carbocycles. The number of sulfonamides is 1. The van der Waals surface area contributed by atoms with Crippen LogP contribution in [0, 0.1) is 6.92 Å². The van der Waals surface area contributed by atoms with E-state index in [2.05, 4.69) is 0 Å². The minimum atomic E-state index is -4.59. The summed E-state index contributed by atoms with van der Waals surface area (Å²) in [6, 6.07) is 9.12. The lowest BCUT2D eigenvalue weighted by Crippen LogP contribution is -2.26. The van der Waals surface area contributed by atoms with E-state index in [9.17, 15) is 36.3 Å².